The van der Waals surface area contributed by atoms with Gasteiger partial charge in [-0.05, 0) is 42.0 Å². The number of rotatable bonds is 6. The van der Waals surface area contributed by atoms with Crippen LogP contribution >= 0.6 is 23.1 Å². The van der Waals surface area contributed by atoms with Crippen molar-refractivity contribution >= 4 is 40.6 Å². The van der Waals surface area contributed by atoms with Crippen molar-refractivity contribution in [2.24, 2.45) is 0 Å². The summed E-state index contributed by atoms with van der Waals surface area (Å²) >= 11 is 3.09. The van der Waals surface area contributed by atoms with Crippen LogP contribution in [0.1, 0.15) is 16.6 Å². The highest BCUT2D eigenvalue weighted by Crippen LogP contribution is 2.28. The average molecular weight is 386 g/mol. The van der Waals surface area contributed by atoms with Gasteiger partial charge in [-0.25, -0.2) is 0 Å². The Kier molecular flexibility index (Phi) is 6.14. The summed E-state index contributed by atoms with van der Waals surface area (Å²) in [5, 5.41) is 7.34. The molecule has 26 heavy (non-hydrogen) atoms. The van der Waals surface area contributed by atoms with Crippen molar-refractivity contribution in [1.82, 2.24) is 5.32 Å². The van der Waals surface area contributed by atoms with Crippen molar-refractivity contribution in [2.45, 2.75) is 10.8 Å². The maximum Gasteiger partial charge on any atom is 0.313 e. The second-order valence-corrected chi connectivity index (χ2v) is 7.28. The molecule has 1 atom stereocenters. The second kappa shape index (κ2) is 8.73. The molecule has 0 aliphatic rings. The number of thioether (sulfide) groups is 1. The standard InChI is InChI=1S/C19H18N2O3S2/c1-25-17-8-3-2-6-14(17)21-19(23)18(22)20-12-13(15-7-4-10-24-15)16-9-5-11-26-16/h2-11,13H,12H2,1H3,(H,20,22)(H,21,23)/t13-/m1/s1. The largest absolute Gasteiger partial charge is 0.469 e. The Labute approximate surface area is 159 Å². The minimum absolute atomic E-state index is 0.125. The highest BCUT2D eigenvalue weighted by Gasteiger charge is 2.21. The van der Waals surface area contributed by atoms with E-state index in [9.17, 15) is 9.59 Å². The number of para-hydroxylation sites is 1. The Balaban J connectivity index is 1.64. The highest BCUT2D eigenvalue weighted by atomic mass is 32.2. The Bertz CT molecular complexity index is 827. The fraction of sp³-hybridized carbons (Fsp3) is 0.158. The fourth-order valence-corrected chi connectivity index (χ4v) is 3.91. The van der Waals surface area contributed by atoms with Crippen LogP contribution in [-0.2, 0) is 9.59 Å². The molecule has 0 fully saturated rings. The van der Waals surface area contributed by atoms with E-state index >= 15 is 0 Å². The molecule has 0 aliphatic carbocycles. The first kappa shape index (κ1) is 18.3. The maximum atomic E-state index is 12.2. The van der Waals surface area contributed by atoms with E-state index in [1.165, 1.54) is 11.8 Å². The molecule has 3 aromatic rings. The Hall–Kier alpha value is -2.51. The first-order valence-corrected chi connectivity index (χ1v) is 10.1. The minimum Gasteiger partial charge on any atom is -0.469 e. The molecule has 134 valence electrons. The number of anilines is 1. The third kappa shape index (κ3) is 4.36. The SMILES string of the molecule is CSc1ccccc1NC(=O)C(=O)NC[C@H](c1ccco1)c1cccs1. The van der Waals surface area contributed by atoms with Gasteiger partial charge in [0, 0.05) is 16.3 Å². The lowest BCUT2D eigenvalue weighted by Gasteiger charge is -2.14. The lowest BCUT2D eigenvalue weighted by Crippen LogP contribution is -2.37. The Morgan fingerprint density at radius 3 is 2.65 bits per heavy atom. The maximum absolute atomic E-state index is 12.2. The molecule has 2 N–H and O–H groups in total. The Morgan fingerprint density at radius 1 is 1.12 bits per heavy atom. The number of amides is 2. The topological polar surface area (TPSA) is 71.3 Å². The molecule has 0 saturated carbocycles. The van der Waals surface area contributed by atoms with Crippen LogP contribution in [0, 0.1) is 0 Å². The molecule has 1 aromatic carbocycles. The summed E-state index contributed by atoms with van der Waals surface area (Å²) in [6.45, 7) is 0.282. The highest BCUT2D eigenvalue weighted by molar-refractivity contribution is 7.98. The van der Waals surface area contributed by atoms with Crippen LogP contribution in [0.4, 0.5) is 5.69 Å². The van der Waals surface area contributed by atoms with Gasteiger partial charge in [-0.1, -0.05) is 18.2 Å². The van der Waals surface area contributed by atoms with Gasteiger partial charge in [0.1, 0.15) is 5.76 Å². The average Bonchev–Trinajstić information content (AvgIpc) is 3.36. The zero-order valence-electron chi connectivity index (χ0n) is 14.1. The van der Waals surface area contributed by atoms with E-state index in [4.69, 9.17) is 4.42 Å². The van der Waals surface area contributed by atoms with Crippen molar-refractivity contribution in [3.8, 4) is 0 Å². The van der Waals surface area contributed by atoms with Crippen LogP contribution < -0.4 is 10.6 Å². The molecule has 2 aromatic heterocycles. The number of thiophene rings is 1. The monoisotopic (exact) mass is 386 g/mol. The van der Waals surface area contributed by atoms with E-state index in [2.05, 4.69) is 10.6 Å². The molecule has 0 bridgehead atoms. The predicted octanol–water partition coefficient (Wildman–Crippen LogP) is 3.95. The third-order valence-electron chi connectivity index (χ3n) is 3.80. The summed E-state index contributed by atoms with van der Waals surface area (Å²) in [6, 6.07) is 15.0. The quantitative estimate of drug-likeness (QED) is 0.497. The van der Waals surface area contributed by atoms with Crippen molar-refractivity contribution < 1.29 is 14.0 Å². The summed E-state index contributed by atoms with van der Waals surface area (Å²) in [5.74, 6) is -0.731. The van der Waals surface area contributed by atoms with E-state index in [1.54, 1.807) is 23.7 Å². The number of furan rings is 1. The summed E-state index contributed by atoms with van der Waals surface area (Å²) in [6.07, 6.45) is 3.52. The van der Waals surface area contributed by atoms with Crippen molar-refractivity contribution in [1.29, 1.82) is 0 Å². The second-order valence-electron chi connectivity index (χ2n) is 5.45. The van der Waals surface area contributed by atoms with E-state index in [0.717, 1.165) is 15.5 Å². The molecule has 7 heteroatoms. The van der Waals surface area contributed by atoms with Crippen LogP contribution in [0.15, 0.2) is 69.5 Å². The Morgan fingerprint density at radius 2 is 1.96 bits per heavy atom. The normalized spacial score (nSPS) is 11.7. The van der Waals surface area contributed by atoms with Crippen molar-refractivity contribution in [2.75, 3.05) is 18.1 Å². The van der Waals surface area contributed by atoms with Crippen LogP contribution in [-0.4, -0.2) is 24.6 Å². The first-order valence-electron chi connectivity index (χ1n) is 7.98. The molecule has 2 heterocycles. The van der Waals surface area contributed by atoms with Crippen LogP contribution in [0.5, 0.6) is 0 Å². The van der Waals surface area contributed by atoms with Gasteiger partial charge in [-0.2, -0.15) is 0 Å². The number of carbonyl (C=O) groups excluding carboxylic acids is 2. The number of hydrogen-bond acceptors (Lipinski definition) is 5. The molecule has 0 unspecified atom stereocenters. The van der Waals surface area contributed by atoms with Crippen molar-refractivity contribution in [3.63, 3.8) is 0 Å². The molecule has 0 spiro atoms. The predicted molar refractivity (Wildman–Crippen MR) is 105 cm³/mol. The summed E-state index contributed by atoms with van der Waals surface area (Å²) < 4.78 is 5.49. The number of carbonyl (C=O) groups is 2. The first-order chi connectivity index (χ1) is 12.7. The van der Waals surface area contributed by atoms with Gasteiger partial charge in [-0.15, -0.1) is 23.1 Å². The fourth-order valence-electron chi connectivity index (χ4n) is 2.52. The summed E-state index contributed by atoms with van der Waals surface area (Å²) in [7, 11) is 0. The molecule has 0 aliphatic heterocycles. The van der Waals surface area contributed by atoms with Crippen molar-refractivity contribution in [3.05, 3.63) is 70.8 Å². The van der Waals surface area contributed by atoms with Gasteiger partial charge in [0.05, 0.1) is 17.9 Å². The smallest absolute Gasteiger partial charge is 0.313 e. The molecule has 0 radical (unpaired) electrons. The lowest BCUT2D eigenvalue weighted by atomic mass is 10.0. The van der Waals surface area contributed by atoms with Crippen LogP contribution in [0.3, 0.4) is 0 Å². The molecule has 0 saturated heterocycles. The molecule has 2 amide bonds. The van der Waals surface area contributed by atoms with Gasteiger partial charge in [0.25, 0.3) is 0 Å². The lowest BCUT2D eigenvalue weighted by molar-refractivity contribution is -0.136. The van der Waals surface area contributed by atoms with E-state index in [-0.39, 0.29) is 12.5 Å². The van der Waals surface area contributed by atoms with Crippen LogP contribution in [0.2, 0.25) is 0 Å². The summed E-state index contributed by atoms with van der Waals surface area (Å²) in [4.78, 5) is 26.4. The van der Waals surface area contributed by atoms with Crippen LogP contribution in [0.25, 0.3) is 0 Å². The zero-order valence-corrected chi connectivity index (χ0v) is 15.7. The molecular weight excluding hydrogens is 368 g/mol. The van der Waals surface area contributed by atoms with Gasteiger partial charge in [-0.3, -0.25) is 9.59 Å². The zero-order chi connectivity index (χ0) is 18.4. The van der Waals surface area contributed by atoms with Gasteiger partial charge < -0.3 is 15.1 Å². The molecule has 3 rings (SSSR count). The third-order valence-corrected chi connectivity index (χ3v) is 5.58. The van der Waals surface area contributed by atoms with E-state index in [1.807, 2.05) is 54.1 Å². The van der Waals surface area contributed by atoms with E-state index < -0.39 is 11.8 Å². The summed E-state index contributed by atoms with van der Waals surface area (Å²) in [5.41, 5.74) is 0.626. The number of hydrogen-bond donors (Lipinski definition) is 2. The molecule has 5 nitrogen and oxygen atoms in total. The van der Waals surface area contributed by atoms with E-state index in [0.29, 0.717) is 5.69 Å². The van der Waals surface area contributed by atoms with Gasteiger partial charge in [0.15, 0.2) is 0 Å². The minimum atomic E-state index is -0.684. The van der Waals surface area contributed by atoms with Gasteiger partial charge >= 0.3 is 11.8 Å². The number of benzene rings is 1. The molecular formula is C19H18N2O3S2. The number of nitrogens with one attached hydrogen (secondary N) is 2. The van der Waals surface area contributed by atoms with Gasteiger partial charge in [0.2, 0.25) is 0 Å².